The first-order valence-electron chi connectivity index (χ1n) is 6.56. The van der Waals surface area contributed by atoms with E-state index in [2.05, 4.69) is 0 Å². The molecule has 1 aliphatic rings. The van der Waals surface area contributed by atoms with Crippen LogP contribution in [0.4, 0.5) is 0 Å². The number of carbonyl (C=O) groups is 1. The highest BCUT2D eigenvalue weighted by molar-refractivity contribution is 6.37. The molecule has 0 saturated carbocycles. The van der Waals surface area contributed by atoms with E-state index in [4.69, 9.17) is 11.6 Å². The van der Waals surface area contributed by atoms with Crippen molar-refractivity contribution in [1.82, 2.24) is 4.57 Å². The van der Waals surface area contributed by atoms with Gasteiger partial charge in [0.25, 0.3) is 5.56 Å². The Morgan fingerprint density at radius 1 is 0.905 bits per heavy atom. The number of benzene rings is 2. The third-order valence-corrected chi connectivity index (χ3v) is 4.40. The van der Waals surface area contributed by atoms with Crippen LogP contribution in [0.25, 0.3) is 22.0 Å². The molecule has 1 aliphatic carbocycles. The molecule has 3 aromatic rings. The minimum absolute atomic E-state index is 0.0292. The normalized spacial score (nSPS) is 12.6. The summed E-state index contributed by atoms with van der Waals surface area (Å²) in [4.78, 5) is 25.0. The molecule has 102 valence electrons. The Morgan fingerprint density at radius 2 is 1.57 bits per heavy atom. The number of ketones is 1. The number of halogens is 1. The molecule has 0 amide bonds. The Morgan fingerprint density at radius 3 is 2.33 bits per heavy atom. The van der Waals surface area contributed by atoms with Gasteiger partial charge in [0.05, 0.1) is 5.52 Å². The Hall–Kier alpha value is -2.39. The van der Waals surface area contributed by atoms with Gasteiger partial charge >= 0.3 is 0 Å². The van der Waals surface area contributed by atoms with Crippen LogP contribution >= 0.6 is 11.6 Å². The number of hydrogen-bond acceptors (Lipinski definition) is 2. The van der Waals surface area contributed by atoms with Crippen molar-refractivity contribution in [1.29, 1.82) is 0 Å². The molecule has 0 bridgehead atoms. The summed E-state index contributed by atoms with van der Waals surface area (Å²) in [5, 5.41) is 0.922. The highest BCUT2D eigenvalue weighted by Crippen LogP contribution is 2.41. The van der Waals surface area contributed by atoms with Crippen molar-refractivity contribution in [3.63, 3.8) is 0 Å². The first kappa shape index (κ1) is 12.4. The highest BCUT2D eigenvalue weighted by atomic mass is 35.5. The van der Waals surface area contributed by atoms with E-state index in [9.17, 15) is 9.59 Å². The minimum atomic E-state index is -0.250. The summed E-state index contributed by atoms with van der Waals surface area (Å²) in [7, 11) is 1.67. The molecule has 4 rings (SSSR count). The van der Waals surface area contributed by atoms with Crippen LogP contribution in [0, 0.1) is 0 Å². The summed E-state index contributed by atoms with van der Waals surface area (Å²) in [6, 6.07) is 12.7. The van der Waals surface area contributed by atoms with Crippen molar-refractivity contribution in [3.8, 4) is 11.1 Å². The Kier molecular flexibility index (Phi) is 2.39. The number of pyridine rings is 1. The SMILES string of the molecule is Cn1c(=O)c(Cl)c2c3c(cccc31)C(=O)c1ccccc1-2. The maximum atomic E-state index is 12.7. The molecule has 0 atom stereocenters. The van der Waals surface area contributed by atoms with E-state index < -0.39 is 0 Å². The van der Waals surface area contributed by atoms with Crippen LogP contribution in [0.15, 0.2) is 47.3 Å². The van der Waals surface area contributed by atoms with Gasteiger partial charge in [-0.3, -0.25) is 9.59 Å². The van der Waals surface area contributed by atoms with Crippen LogP contribution in [0.2, 0.25) is 5.02 Å². The van der Waals surface area contributed by atoms with E-state index in [1.807, 2.05) is 24.3 Å². The van der Waals surface area contributed by atoms with Crippen molar-refractivity contribution >= 4 is 28.3 Å². The quantitative estimate of drug-likeness (QED) is 0.499. The van der Waals surface area contributed by atoms with Crippen molar-refractivity contribution < 1.29 is 4.79 Å². The third kappa shape index (κ3) is 1.44. The second kappa shape index (κ2) is 4.06. The smallest absolute Gasteiger partial charge is 0.270 e. The maximum absolute atomic E-state index is 12.7. The zero-order valence-corrected chi connectivity index (χ0v) is 11.9. The van der Waals surface area contributed by atoms with Crippen LogP contribution in [0.5, 0.6) is 0 Å². The van der Waals surface area contributed by atoms with Gasteiger partial charge in [0, 0.05) is 29.1 Å². The standard InChI is InChI=1S/C17H10ClNO2/c1-19-12-8-4-7-11-13(12)14(15(18)17(19)21)9-5-2-3-6-10(9)16(11)20/h2-8H,1H3. The van der Waals surface area contributed by atoms with Crippen molar-refractivity contribution in [3.05, 3.63) is 69.0 Å². The van der Waals surface area contributed by atoms with Crippen LogP contribution in [-0.2, 0) is 7.05 Å². The van der Waals surface area contributed by atoms with Crippen LogP contribution in [-0.4, -0.2) is 10.4 Å². The number of carbonyl (C=O) groups excluding carboxylic acids is 1. The molecule has 0 aliphatic heterocycles. The zero-order chi connectivity index (χ0) is 14.7. The second-order valence-electron chi connectivity index (χ2n) is 5.13. The average Bonchev–Trinajstić information content (AvgIpc) is 2.52. The fourth-order valence-electron chi connectivity index (χ4n) is 3.04. The molecular formula is C17H10ClNO2. The number of hydrogen-bond donors (Lipinski definition) is 0. The number of aromatic nitrogens is 1. The average molecular weight is 296 g/mol. The van der Waals surface area contributed by atoms with E-state index in [-0.39, 0.29) is 16.4 Å². The molecule has 0 fully saturated rings. The lowest BCUT2D eigenvalue weighted by Crippen LogP contribution is -2.21. The molecular weight excluding hydrogens is 286 g/mol. The number of fused-ring (bicyclic) bond motifs is 2. The van der Waals surface area contributed by atoms with Crippen molar-refractivity contribution in [2.75, 3.05) is 0 Å². The van der Waals surface area contributed by atoms with Gasteiger partial charge in [-0.05, 0) is 11.6 Å². The molecule has 0 saturated heterocycles. The number of aryl methyl sites for hydroxylation is 1. The lowest BCUT2D eigenvalue weighted by molar-refractivity contribution is 0.104. The molecule has 1 aromatic heterocycles. The van der Waals surface area contributed by atoms with Gasteiger partial charge in [-0.2, -0.15) is 0 Å². The minimum Gasteiger partial charge on any atom is -0.310 e. The van der Waals surface area contributed by atoms with Crippen molar-refractivity contribution in [2.45, 2.75) is 0 Å². The first-order chi connectivity index (χ1) is 10.1. The number of nitrogens with zero attached hydrogens (tertiary/aromatic N) is 1. The summed E-state index contributed by atoms with van der Waals surface area (Å²) >= 11 is 6.31. The van der Waals surface area contributed by atoms with E-state index in [0.717, 1.165) is 16.5 Å². The predicted octanol–water partition coefficient (Wildman–Crippen LogP) is 3.40. The summed E-state index contributed by atoms with van der Waals surface area (Å²) in [5.74, 6) is -0.0292. The fourth-order valence-corrected chi connectivity index (χ4v) is 3.37. The third-order valence-electron chi connectivity index (χ3n) is 4.05. The summed E-state index contributed by atoms with van der Waals surface area (Å²) in [6.45, 7) is 0. The monoisotopic (exact) mass is 295 g/mol. The summed E-state index contributed by atoms with van der Waals surface area (Å²) < 4.78 is 1.49. The summed E-state index contributed by atoms with van der Waals surface area (Å²) in [5.41, 5.74) is 3.06. The van der Waals surface area contributed by atoms with Crippen LogP contribution < -0.4 is 5.56 Å². The van der Waals surface area contributed by atoms with Gasteiger partial charge in [-0.15, -0.1) is 0 Å². The van der Waals surface area contributed by atoms with E-state index in [0.29, 0.717) is 16.7 Å². The Balaban J connectivity index is 2.38. The largest absolute Gasteiger partial charge is 0.310 e. The fraction of sp³-hybridized carbons (Fsp3) is 0.0588. The van der Waals surface area contributed by atoms with Gasteiger partial charge in [-0.1, -0.05) is 48.0 Å². The highest BCUT2D eigenvalue weighted by Gasteiger charge is 2.28. The van der Waals surface area contributed by atoms with Gasteiger partial charge in [0.2, 0.25) is 0 Å². The van der Waals surface area contributed by atoms with Gasteiger partial charge in [0.15, 0.2) is 5.78 Å². The van der Waals surface area contributed by atoms with E-state index in [1.165, 1.54) is 4.57 Å². The molecule has 0 unspecified atom stereocenters. The molecule has 0 radical (unpaired) electrons. The summed E-state index contributed by atoms with van der Waals surface area (Å²) in [6.07, 6.45) is 0. The lowest BCUT2D eigenvalue weighted by atomic mass is 9.84. The predicted molar refractivity (Wildman–Crippen MR) is 83.1 cm³/mol. The van der Waals surface area contributed by atoms with E-state index >= 15 is 0 Å². The molecule has 3 nitrogen and oxygen atoms in total. The van der Waals surface area contributed by atoms with Gasteiger partial charge in [-0.25, -0.2) is 0 Å². The second-order valence-corrected chi connectivity index (χ2v) is 5.51. The molecule has 2 aromatic carbocycles. The molecule has 0 N–H and O–H groups in total. The molecule has 4 heteroatoms. The maximum Gasteiger partial charge on any atom is 0.270 e. The molecule has 1 heterocycles. The molecule has 21 heavy (non-hydrogen) atoms. The first-order valence-corrected chi connectivity index (χ1v) is 6.94. The topological polar surface area (TPSA) is 39.1 Å². The lowest BCUT2D eigenvalue weighted by Gasteiger charge is -2.21. The Labute approximate surface area is 125 Å². The van der Waals surface area contributed by atoms with Crippen molar-refractivity contribution in [2.24, 2.45) is 7.05 Å². The van der Waals surface area contributed by atoms with Gasteiger partial charge in [0.1, 0.15) is 5.02 Å². The number of rotatable bonds is 0. The van der Waals surface area contributed by atoms with Crippen LogP contribution in [0.1, 0.15) is 15.9 Å². The van der Waals surface area contributed by atoms with Crippen LogP contribution in [0.3, 0.4) is 0 Å². The Bertz CT molecular complexity index is 1000. The molecule has 0 spiro atoms. The van der Waals surface area contributed by atoms with E-state index in [1.54, 1.807) is 25.2 Å². The zero-order valence-electron chi connectivity index (χ0n) is 11.2. The van der Waals surface area contributed by atoms with Gasteiger partial charge < -0.3 is 4.57 Å².